The zero-order chi connectivity index (χ0) is 18.9. The summed E-state index contributed by atoms with van der Waals surface area (Å²) in [7, 11) is 0. The van der Waals surface area contributed by atoms with Gasteiger partial charge in [0.25, 0.3) is 0 Å². The third-order valence-corrected chi connectivity index (χ3v) is 4.54. The maximum Gasteiger partial charge on any atom is 0.203 e. The standard InChI is InChI=1S/C21H23N3O2S/c1-3-25-20(26-4-2)18-12-10-16(11-13-18)14-22-24-21-23-19(15-27-21)17-8-6-5-7-9-17/h5-15,20H,3-4H2,1-2H3,(H,23,24). The van der Waals surface area contributed by atoms with E-state index in [-0.39, 0.29) is 6.29 Å². The van der Waals surface area contributed by atoms with E-state index in [1.54, 1.807) is 6.21 Å². The molecule has 1 heterocycles. The SMILES string of the molecule is CCOC(OCC)c1ccc(C=NNc2nc(-c3ccccc3)cs2)cc1. The first-order chi connectivity index (χ1) is 13.3. The Kier molecular flexibility index (Phi) is 7.10. The molecule has 6 heteroatoms. The van der Waals surface area contributed by atoms with Gasteiger partial charge in [-0.1, -0.05) is 54.6 Å². The van der Waals surface area contributed by atoms with Crippen LogP contribution in [0, 0.1) is 0 Å². The average Bonchev–Trinajstić information content (AvgIpc) is 3.18. The Bertz CT molecular complexity index is 841. The lowest BCUT2D eigenvalue weighted by Gasteiger charge is -2.17. The number of ether oxygens (including phenoxy) is 2. The summed E-state index contributed by atoms with van der Waals surface area (Å²) in [6.45, 7) is 5.13. The average molecular weight is 382 g/mol. The molecule has 0 saturated carbocycles. The Hall–Kier alpha value is -2.54. The lowest BCUT2D eigenvalue weighted by molar-refractivity contribution is -0.140. The van der Waals surface area contributed by atoms with Crippen LogP contribution in [0.3, 0.4) is 0 Å². The van der Waals surface area contributed by atoms with Crippen molar-refractivity contribution >= 4 is 22.7 Å². The number of benzene rings is 2. The van der Waals surface area contributed by atoms with Gasteiger partial charge in [0.05, 0.1) is 11.9 Å². The fraction of sp³-hybridized carbons (Fsp3) is 0.238. The summed E-state index contributed by atoms with van der Waals surface area (Å²) >= 11 is 1.53. The number of nitrogens with one attached hydrogen (secondary N) is 1. The zero-order valence-electron chi connectivity index (χ0n) is 15.5. The fourth-order valence-electron chi connectivity index (χ4n) is 2.51. The summed E-state index contributed by atoms with van der Waals surface area (Å²) in [5.41, 5.74) is 7.01. The minimum atomic E-state index is -0.323. The van der Waals surface area contributed by atoms with Gasteiger partial charge in [-0.3, -0.25) is 5.43 Å². The van der Waals surface area contributed by atoms with Crippen LogP contribution in [-0.2, 0) is 9.47 Å². The van der Waals surface area contributed by atoms with E-state index in [9.17, 15) is 0 Å². The molecule has 0 saturated heterocycles. The second-order valence-electron chi connectivity index (χ2n) is 5.68. The Morgan fingerprint density at radius 2 is 1.74 bits per heavy atom. The molecule has 0 aliphatic carbocycles. The van der Waals surface area contributed by atoms with Gasteiger partial charge in [-0.25, -0.2) is 4.98 Å². The minimum Gasteiger partial charge on any atom is -0.349 e. The number of hydrazone groups is 1. The van der Waals surface area contributed by atoms with Crippen molar-refractivity contribution in [3.63, 3.8) is 0 Å². The summed E-state index contributed by atoms with van der Waals surface area (Å²) in [5, 5.41) is 7.05. The molecule has 27 heavy (non-hydrogen) atoms. The van der Waals surface area contributed by atoms with E-state index in [0.717, 1.165) is 27.5 Å². The Morgan fingerprint density at radius 3 is 2.41 bits per heavy atom. The van der Waals surface area contributed by atoms with Gasteiger partial charge in [0.1, 0.15) is 0 Å². The molecule has 0 bridgehead atoms. The third-order valence-electron chi connectivity index (χ3n) is 3.79. The van der Waals surface area contributed by atoms with E-state index in [1.165, 1.54) is 11.3 Å². The minimum absolute atomic E-state index is 0.323. The van der Waals surface area contributed by atoms with E-state index in [4.69, 9.17) is 9.47 Å². The van der Waals surface area contributed by atoms with Crippen LogP contribution in [0.1, 0.15) is 31.3 Å². The highest BCUT2D eigenvalue weighted by molar-refractivity contribution is 7.14. The molecule has 0 amide bonds. The fourth-order valence-corrected chi connectivity index (χ4v) is 3.18. The Labute approximate surface area is 163 Å². The second kappa shape index (κ2) is 9.97. The molecule has 0 radical (unpaired) electrons. The van der Waals surface area contributed by atoms with Gasteiger partial charge < -0.3 is 9.47 Å². The van der Waals surface area contributed by atoms with Crippen molar-refractivity contribution in [3.8, 4) is 11.3 Å². The zero-order valence-corrected chi connectivity index (χ0v) is 16.3. The van der Waals surface area contributed by atoms with Gasteiger partial charge >= 0.3 is 0 Å². The number of hydrogen-bond acceptors (Lipinski definition) is 6. The molecule has 3 rings (SSSR count). The molecule has 0 unspecified atom stereocenters. The summed E-state index contributed by atoms with van der Waals surface area (Å²) in [6.07, 6.45) is 1.44. The van der Waals surface area contributed by atoms with Crippen molar-refractivity contribution in [2.45, 2.75) is 20.1 Å². The van der Waals surface area contributed by atoms with Gasteiger partial charge in [0.2, 0.25) is 5.13 Å². The largest absolute Gasteiger partial charge is 0.349 e. The summed E-state index contributed by atoms with van der Waals surface area (Å²) in [5.74, 6) is 0. The molecule has 140 valence electrons. The normalized spacial score (nSPS) is 11.4. The highest BCUT2D eigenvalue weighted by atomic mass is 32.1. The number of thiazole rings is 1. The number of aromatic nitrogens is 1. The van der Waals surface area contributed by atoms with Crippen LogP contribution in [0.15, 0.2) is 65.1 Å². The quantitative estimate of drug-likeness (QED) is 0.309. The highest BCUT2D eigenvalue weighted by Crippen LogP contribution is 2.24. The van der Waals surface area contributed by atoms with Crippen LogP contribution in [0.25, 0.3) is 11.3 Å². The molecule has 0 spiro atoms. The number of nitrogens with zero attached hydrogens (tertiary/aromatic N) is 2. The predicted octanol–water partition coefficient (Wildman–Crippen LogP) is 5.33. The first-order valence-electron chi connectivity index (χ1n) is 8.93. The van der Waals surface area contributed by atoms with Gasteiger partial charge in [-0.05, 0) is 19.4 Å². The molecule has 3 aromatic rings. The summed E-state index contributed by atoms with van der Waals surface area (Å²) in [6, 6.07) is 18.1. The maximum absolute atomic E-state index is 5.61. The smallest absolute Gasteiger partial charge is 0.203 e. The molecule has 1 N–H and O–H groups in total. The third kappa shape index (κ3) is 5.47. The molecule has 5 nitrogen and oxygen atoms in total. The Morgan fingerprint density at radius 1 is 1.04 bits per heavy atom. The first kappa shape index (κ1) is 19.2. The van der Waals surface area contributed by atoms with Crippen molar-refractivity contribution in [3.05, 3.63) is 71.1 Å². The van der Waals surface area contributed by atoms with Crippen molar-refractivity contribution < 1.29 is 9.47 Å². The second-order valence-corrected chi connectivity index (χ2v) is 6.54. The van der Waals surface area contributed by atoms with Crippen molar-refractivity contribution in [2.24, 2.45) is 5.10 Å². The number of hydrogen-bond donors (Lipinski definition) is 1. The molecule has 0 fully saturated rings. The van der Waals surface area contributed by atoms with Gasteiger partial charge in [-0.2, -0.15) is 5.10 Å². The van der Waals surface area contributed by atoms with Crippen molar-refractivity contribution in [2.75, 3.05) is 18.6 Å². The van der Waals surface area contributed by atoms with Crippen molar-refractivity contribution in [1.82, 2.24) is 4.98 Å². The van der Waals surface area contributed by atoms with E-state index < -0.39 is 0 Å². The predicted molar refractivity (Wildman–Crippen MR) is 111 cm³/mol. The lowest BCUT2D eigenvalue weighted by atomic mass is 10.1. The first-order valence-corrected chi connectivity index (χ1v) is 9.81. The monoisotopic (exact) mass is 381 g/mol. The molecular formula is C21H23N3O2S. The van der Waals surface area contributed by atoms with Crippen LogP contribution < -0.4 is 5.43 Å². The molecule has 0 aliphatic heterocycles. The van der Waals surface area contributed by atoms with Gasteiger partial charge in [-0.15, -0.1) is 11.3 Å². The lowest BCUT2D eigenvalue weighted by Crippen LogP contribution is -2.08. The van der Waals surface area contributed by atoms with Crippen LogP contribution in [0.5, 0.6) is 0 Å². The topological polar surface area (TPSA) is 55.7 Å². The van der Waals surface area contributed by atoms with E-state index in [0.29, 0.717) is 13.2 Å². The van der Waals surface area contributed by atoms with E-state index >= 15 is 0 Å². The van der Waals surface area contributed by atoms with Crippen LogP contribution in [0.2, 0.25) is 0 Å². The molecule has 1 aromatic heterocycles. The van der Waals surface area contributed by atoms with Gasteiger partial charge in [0.15, 0.2) is 6.29 Å². The summed E-state index contributed by atoms with van der Waals surface area (Å²) < 4.78 is 11.2. The molecule has 0 atom stereocenters. The molecule has 2 aromatic carbocycles. The van der Waals surface area contributed by atoms with Crippen LogP contribution >= 0.6 is 11.3 Å². The van der Waals surface area contributed by atoms with E-state index in [1.807, 2.05) is 73.8 Å². The summed E-state index contributed by atoms with van der Waals surface area (Å²) in [4.78, 5) is 4.55. The van der Waals surface area contributed by atoms with Crippen molar-refractivity contribution in [1.29, 1.82) is 0 Å². The molecular weight excluding hydrogens is 358 g/mol. The highest BCUT2D eigenvalue weighted by Gasteiger charge is 2.10. The van der Waals surface area contributed by atoms with E-state index in [2.05, 4.69) is 15.5 Å². The molecule has 0 aliphatic rings. The van der Waals surface area contributed by atoms with Gasteiger partial charge in [0, 0.05) is 29.7 Å². The Balaban J connectivity index is 1.59. The number of rotatable bonds is 9. The number of anilines is 1. The van der Waals surface area contributed by atoms with Crippen LogP contribution in [0.4, 0.5) is 5.13 Å². The maximum atomic E-state index is 5.61. The van der Waals surface area contributed by atoms with Crippen LogP contribution in [-0.4, -0.2) is 24.4 Å².